The molecule has 1 N–H and O–H groups in total. The average Bonchev–Trinajstić information content (AvgIpc) is 3.51. The Kier molecular flexibility index (Phi) is 6.74. The van der Waals surface area contributed by atoms with Gasteiger partial charge < -0.3 is 10.2 Å². The van der Waals surface area contributed by atoms with E-state index in [9.17, 15) is 18.0 Å². The van der Waals surface area contributed by atoms with Crippen molar-refractivity contribution in [3.8, 4) is 0 Å². The van der Waals surface area contributed by atoms with Crippen molar-refractivity contribution in [1.29, 1.82) is 0 Å². The molecule has 166 valence electrons. The second-order valence-electron chi connectivity index (χ2n) is 8.04. The van der Waals surface area contributed by atoms with E-state index < -0.39 is 10.0 Å². The lowest BCUT2D eigenvalue weighted by molar-refractivity contribution is -0.126. The molecular weight excluding hydrogens is 434 g/mol. The minimum atomic E-state index is -3.65. The summed E-state index contributed by atoms with van der Waals surface area (Å²) in [5, 5.41) is 4.59. The Bertz CT molecular complexity index is 1020. The van der Waals surface area contributed by atoms with Gasteiger partial charge in [0.05, 0.1) is 5.56 Å². The van der Waals surface area contributed by atoms with E-state index in [1.807, 2.05) is 30.3 Å². The summed E-state index contributed by atoms with van der Waals surface area (Å²) in [5.41, 5.74) is 1.48. The zero-order chi connectivity index (χ0) is 21.8. The van der Waals surface area contributed by atoms with Crippen LogP contribution in [0.5, 0.6) is 0 Å². The Morgan fingerprint density at radius 2 is 1.71 bits per heavy atom. The normalized spacial score (nSPS) is 18.3. The van der Waals surface area contributed by atoms with E-state index in [4.69, 9.17) is 0 Å². The van der Waals surface area contributed by atoms with Crippen LogP contribution in [-0.2, 0) is 21.4 Å². The lowest BCUT2D eigenvalue weighted by Crippen LogP contribution is -2.42. The minimum Gasteiger partial charge on any atom is -0.352 e. The number of piperidine rings is 1. The van der Waals surface area contributed by atoms with Crippen molar-refractivity contribution in [2.24, 2.45) is 5.92 Å². The fraction of sp³-hybridized carbons (Fsp3) is 0.455. The summed E-state index contributed by atoms with van der Waals surface area (Å²) >= 11 is 1.09. The lowest BCUT2D eigenvalue weighted by Gasteiger charge is -2.30. The zero-order valence-corrected chi connectivity index (χ0v) is 19.0. The number of thiophene rings is 1. The molecule has 0 atom stereocenters. The van der Waals surface area contributed by atoms with E-state index in [-0.39, 0.29) is 21.9 Å². The van der Waals surface area contributed by atoms with Crippen molar-refractivity contribution in [3.05, 3.63) is 52.9 Å². The molecule has 3 heterocycles. The van der Waals surface area contributed by atoms with Crippen LogP contribution in [-0.4, -0.2) is 55.6 Å². The van der Waals surface area contributed by atoms with Crippen LogP contribution in [0.15, 0.2) is 46.0 Å². The first-order valence-electron chi connectivity index (χ1n) is 10.6. The molecule has 0 unspecified atom stereocenters. The molecule has 31 heavy (non-hydrogen) atoms. The fourth-order valence-electron chi connectivity index (χ4n) is 4.08. The molecule has 1 aromatic carbocycles. The summed E-state index contributed by atoms with van der Waals surface area (Å²) in [6, 6.07) is 11.2. The van der Waals surface area contributed by atoms with Crippen LogP contribution < -0.4 is 5.32 Å². The molecule has 2 amide bonds. The molecule has 0 aliphatic carbocycles. The summed E-state index contributed by atoms with van der Waals surface area (Å²) in [4.78, 5) is 26.8. The number of nitrogens with one attached hydrogen (secondary N) is 1. The number of benzene rings is 1. The van der Waals surface area contributed by atoms with Gasteiger partial charge in [0.1, 0.15) is 4.21 Å². The summed E-state index contributed by atoms with van der Waals surface area (Å²) in [7, 11) is -3.65. The molecule has 0 saturated carbocycles. The summed E-state index contributed by atoms with van der Waals surface area (Å²) in [6.45, 7) is 2.55. The number of sulfonamides is 1. The minimum absolute atomic E-state index is 0.0319. The Hall–Kier alpha value is -2.23. The molecule has 2 saturated heterocycles. The predicted molar refractivity (Wildman–Crippen MR) is 119 cm³/mol. The molecule has 2 aliphatic rings. The van der Waals surface area contributed by atoms with Crippen LogP contribution in [0.25, 0.3) is 0 Å². The molecule has 0 bridgehead atoms. The third-order valence-electron chi connectivity index (χ3n) is 5.94. The number of rotatable bonds is 6. The van der Waals surface area contributed by atoms with E-state index in [0.717, 1.165) is 42.8 Å². The second kappa shape index (κ2) is 9.50. The van der Waals surface area contributed by atoms with Crippen molar-refractivity contribution in [3.63, 3.8) is 0 Å². The monoisotopic (exact) mass is 461 g/mol. The van der Waals surface area contributed by atoms with E-state index in [0.29, 0.717) is 38.0 Å². The van der Waals surface area contributed by atoms with E-state index in [1.54, 1.807) is 10.3 Å². The van der Waals surface area contributed by atoms with Gasteiger partial charge in [0.2, 0.25) is 5.91 Å². The number of amides is 2. The molecule has 7 nitrogen and oxygen atoms in total. The Morgan fingerprint density at radius 3 is 2.39 bits per heavy atom. The molecule has 0 radical (unpaired) electrons. The predicted octanol–water partition coefficient (Wildman–Crippen LogP) is 2.70. The van der Waals surface area contributed by atoms with Gasteiger partial charge in [0.25, 0.3) is 15.9 Å². The Balaban J connectivity index is 1.32. The highest BCUT2D eigenvalue weighted by atomic mass is 32.2. The van der Waals surface area contributed by atoms with Crippen molar-refractivity contribution >= 4 is 33.2 Å². The topological polar surface area (TPSA) is 86.8 Å². The Labute approximate surface area is 187 Å². The van der Waals surface area contributed by atoms with Crippen LogP contribution in [0.4, 0.5) is 0 Å². The number of likely N-dealkylation sites (tertiary alicyclic amines) is 1. The van der Waals surface area contributed by atoms with Gasteiger partial charge in [-0.1, -0.05) is 30.3 Å². The summed E-state index contributed by atoms with van der Waals surface area (Å²) in [5.74, 6) is -0.315. The van der Waals surface area contributed by atoms with Crippen LogP contribution in [0.1, 0.15) is 41.6 Å². The maximum Gasteiger partial charge on any atom is 0.254 e. The Morgan fingerprint density at radius 1 is 1.03 bits per heavy atom. The van der Waals surface area contributed by atoms with Crippen LogP contribution in [0, 0.1) is 5.92 Å². The first kappa shape index (κ1) is 22.0. The number of nitrogens with zero attached hydrogens (tertiary/aromatic N) is 2. The summed E-state index contributed by atoms with van der Waals surface area (Å²) < 4.78 is 27.7. The van der Waals surface area contributed by atoms with Crippen LogP contribution in [0.2, 0.25) is 0 Å². The molecule has 9 heteroatoms. The molecular formula is C22H27N3O4S2. The van der Waals surface area contributed by atoms with Crippen LogP contribution >= 0.6 is 11.3 Å². The highest BCUT2D eigenvalue weighted by molar-refractivity contribution is 7.91. The summed E-state index contributed by atoms with van der Waals surface area (Å²) in [6.07, 6.45) is 2.97. The first-order valence-corrected chi connectivity index (χ1v) is 13.0. The maximum atomic E-state index is 13.0. The average molecular weight is 462 g/mol. The van der Waals surface area contributed by atoms with Crippen molar-refractivity contribution in [1.82, 2.24) is 14.5 Å². The molecule has 2 aliphatic heterocycles. The van der Waals surface area contributed by atoms with Gasteiger partial charge >= 0.3 is 0 Å². The number of hydrogen-bond donors (Lipinski definition) is 1. The van der Waals surface area contributed by atoms with Gasteiger partial charge in [-0.05, 0) is 37.3 Å². The molecule has 4 rings (SSSR count). The third-order valence-corrected chi connectivity index (χ3v) is 9.26. The SMILES string of the molecule is O=C(NCc1ccccc1)C1CCN(S(=O)(=O)c2cc(C(=O)N3CCCC3)cs2)CC1. The lowest BCUT2D eigenvalue weighted by atomic mass is 9.97. The van der Waals surface area contributed by atoms with Gasteiger partial charge in [0.15, 0.2) is 0 Å². The number of hydrogen-bond acceptors (Lipinski definition) is 5. The molecule has 2 aromatic rings. The van der Waals surface area contributed by atoms with E-state index in [2.05, 4.69) is 5.32 Å². The number of carbonyl (C=O) groups excluding carboxylic acids is 2. The molecule has 0 spiro atoms. The highest BCUT2D eigenvalue weighted by Gasteiger charge is 2.33. The van der Waals surface area contributed by atoms with Gasteiger partial charge in [-0.3, -0.25) is 9.59 Å². The smallest absolute Gasteiger partial charge is 0.254 e. The second-order valence-corrected chi connectivity index (χ2v) is 11.1. The van der Waals surface area contributed by atoms with Crippen molar-refractivity contribution in [2.75, 3.05) is 26.2 Å². The van der Waals surface area contributed by atoms with Gasteiger partial charge in [0, 0.05) is 44.0 Å². The standard InChI is InChI=1S/C22H27N3O4S2/c26-21(23-15-17-6-2-1-3-7-17)18-8-12-25(13-9-18)31(28,29)20-14-19(16-30-20)22(27)24-10-4-5-11-24/h1-3,6-7,14,16,18H,4-5,8-13,15H2,(H,23,26). The van der Waals surface area contributed by atoms with Gasteiger partial charge in [-0.2, -0.15) is 4.31 Å². The zero-order valence-electron chi connectivity index (χ0n) is 17.3. The highest BCUT2D eigenvalue weighted by Crippen LogP contribution is 2.29. The van der Waals surface area contributed by atoms with E-state index >= 15 is 0 Å². The maximum absolute atomic E-state index is 13.0. The molecule has 2 fully saturated rings. The first-order chi connectivity index (χ1) is 14.9. The largest absolute Gasteiger partial charge is 0.352 e. The van der Waals surface area contributed by atoms with Gasteiger partial charge in [-0.15, -0.1) is 11.3 Å². The third kappa shape index (κ3) is 4.99. The van der Waals surface area contributed by atoms with Crippen LogP contribution in [0.3, 0.4) is 0 Å². The van der Waals surface area contributed by atoms with Crippen molar-refractivity contribution in [2.45, 2.75) is 36.4 Å². The molecule has 1 aromatic heterocycles. The van der Waals surface area contributed by atoms with E-state index in [1.165, 1.54) is 10.4 Å². The van der Waals surface area contributed by atoms with Gasteiger partial charge in [-0.25, -0.2) is 8.42 Å². The fourth-order valence-corrected chi connectivity index (χ4v) is 6.86. The number of carbonyl (C=O) groups is 2. The van der Waals surface area contributed by atoms with Crippen molar-refractivity contribution < 1.29 is 18.0 Å². The quantitative estimate of drug-likeness (QED) is 0.717.